The second-order valence-electron chi connectivity index (χ2n) is 3.61. The predicted octanol–water partition coefficient (Wildman–Crippen LogP) is 2.94. The molecule has 2 rings (SSSR count). The third kappa shape index (κ3) is 1.80. The number of carbonyl (C=O) groups is 1. The van der Waals surface area contributed by atoms with E-state index in [0.29, 0.717) is 5.78 Å². The molecule has 0 aliphatic heterocycles. The minimum absolute atomic E-state index is 0.376. The molecule has 0 unspecified atom stereocenters. The molecule has 0 aromatic heterocycles. The Hall–Kier alpha value is -1.11. The van der Waals surface area contributed by atoms with Crippen LogP contribution >= 0.6 is 0 Å². The first-order valence-corrected chi connectivity index (χ1v) is 4.96. The molecule has 1 heteroatoms. The number of Topliss-reactive ketones (excluding diaryl/α,β-unsaturated/α-hetero) is 1. The van der Waals surface area contributed by atoms with Gasteiger partial charge in [0.05, 0.1) is 0 Å². The van der Waals surface area contributed by atoms with Gasteiger partial charge in [0.25, 0.3) is 0 Å². The van der Waals surface area contributed by atoms with Crippen LogP contribution in [0.15, 0.2) is 35.5 Å². The molecule has 0 fully saturated rings. The van der Waals surface area contributed by atoms with Crippen LogP contribution in [-0.4, -0.2) is 5.78 Å². The maximum Gasteiger partial charge on any atom is 0.159 e. The maximum atomic E-state index is 11.6. The van der Waals surface area contributed by atoms with Crippen molar-refractivity contribution in [2.24, 2.45) is 0 Å². The van der Waals surface area contributed by atoms with Crippen molar-refractivity contribution in [2.45, 2.75) is 32.1 Å². The monoisotopic (exact) mass is 174 g/mol. The molecular formula is C12H14O. The highest BCUT2D eigenvalue weighted by atomic mass is 16.1. The molecule has 0 aromatic rings. The highest BCUT2D eigenvalue weighted by molar-refractivity contribution is 5.97. The molecule has 0 heterocycles. The second kappa shape index (κ2) is 3.73. The van der Waals surface area contributed by atoms with Crippen molar-refractivity contribution >= 4 is 5.78 Å². The van der Waals surface area contributed by atoms with E-state index in [1.165, 1.54) is 5.57 Å². The number of ketones is 1. The molecule has 0 atom stereocenters. The van der Waals surface area contributed by atoms with Gasteiger partial charge in [0.15, 0.2) is 5.78 Å². The summed E-state index contributed by atoms with van der Waals surface area (Å²) in [7, 11) is 0. The number of allylic oxidation sites excluding steroid dienone is 6. The lowest BCUT2D eigenvalue weighted by Crippen LogP contribution is -2.11. The fourth-order valence-corrected chi connectivity index (χ4v) is 1.98. The molecule has 0 aromatic carbocycles. The smallest absolute Gasteiger partial charge is 0.159 e. The van der Waals surface area contributed by atoms with E-state index in [0.717, 1.165) is 37.7 Å². The van der Waals surface area contributed by atoms with E-state index in [1.54, 1.807) is 0 Å². The minimum atomic E-state index is 0.376. The third-order valence-corrected chi connectivity index (χ3v) is 2.68. The summed E-state index contributed by atoms with van der Waals surface area (Å²) in [6.07, 6.45) is 13.2. The summed E-state index contributed by atoms with van der Waals surface area (Å²) in [6.45, 7) is 0. The molecular weight excluding hydrogens is 160 g/mol. The lowest BCUT2D eigenvalue weighted by molar-refractivity contribution is -0.116. The van der Waals surface area contributed by atoms with Gasteiger partial charge in [0, 0.05) is 6.42 Å². The molecule has 2 aliphatic rings. The van der Waals surface area contributed by atoms with Crippen molar-refractivity contribution in [3.8, 4) is 0 Å². The van der Waals surface area contributed by atoms with Crippen LogP contribution in [0.1, 0.15) is 32.1 Å². The van der Waals surface area contributed by atoms with Crippen molar-refractivity contribution in [2.75, 3.05) is 0 Å². The van der Waals surface area contributed by atoms with Crippen molar-refractivity contribution in [3.05, 3.63) is 35.5 Å². The molecule has 2 aliphatic carbocycles. The van der Waals surface area contributed by atoms with Crippen LogP contribution in [-0.2, 0) is 4.79 Å². The van der Waals surface area contributed by atoms with Gasteiger partial charge in [0.2, 0.25) is 0 Å². The van der Waals surface area contributed by atoms with E-state index in [-0.39, 0.29) is 0 Å². The summed E-state index contributed by atoms with van der Waals surface area (Å²) in [4.78, 5) is 11.6. The fourth-order valence-electron chi connectivity index (χ4n) is 1.98. The van der Waals surface area contributed by atoms with Gasteiger partial charge in [-0.15, -0.1) is 0 Å². The molecule has 0 saturated carbocycles. The highest BCUT2D eigenvalue weighted by Crippen LogP contribution is 2.27. The van der Waals surface area contributed by atoms with E-state index in [9.17, 15) is 4.79 Å². The summed E-state index contributed by atoms with van der Waals surface area (Å²) in [5, 5.41) is 0. The zero-order valence-electron chi connectivity index (χ0n) is 7.75. The highest BCUT2D eigenvalue weighted by Gasteiger charge is 2.18. The Bertz CT molecular complexity index is 305. The Morgan fingerprint density at radius 3 is 2.92 bits per heavy atom. The number of rotatable bonds is 0. The Morgan fingerprint density at radius 1 is 1.08 bits per heavy atom. The molecule has 1 nitrogen and oxygen atoms in total. The largest absolute Gasteiger partial charge is 0.295 e. The first kappa shape index (κ1) is 8.49. The van der Waals surface area contributed by atoms with Crippen LogP contribution in [0, 0.1) is 0 Å². The van der Waals surface area contributed by atoms with Gasteiger partial charge in [0.1, 0.15) is 0 Å². The summed E-state index contributed by atoms with van der Waals surface area (Å²) < 4.78 is 0. The Balaban J connectivity index is 2.33. The lowest BCUT2D eigenvalue weighted by atomic mass is 9.87. The van der Waals surface area contributed by atoms with Crippen LogP contribution < -0.4 is 0 Å². The van der Waals surface area contributed by atoms with Crippen molar-refractivity contribution in [3.63, 3.8) is 0 Å². The number of hydrogen-bond acceptors (Lipinski definition) is 1. The molecule has 0 saturated heterocycles. The average molecular weight is 174 g/mol. The van der Waals surface area contributed by atoms with Crippen LogP contribution in [0.3, 0.4) is 0 Å². The molecule has 0 N–H and O–H groups in total. The average Bonchev–Trinajstić information content (AvgIpc) is 2.07. The minimum Gasteiger partial charge on any atom is -0.295 e. The first-order chi connectivity index (χ1) is 6.38. The first-order valence-electron chi connectivity index (χ1n) is 4.96. The van der Waals surface area contributed by atoms with Crippen molar-refractivity contribution in [1.82, 2.24) is 0 Å². The van der Waals surface area contributed by atoms with Gasteiger partial charge >= 0.3 is 0 Å². The Kier molecular flexibility index (Phi) is 2.44. The zero-order chi connectivity index (χ0) is 9.10. The van der Waals surface area contributed by atoms with E-state index in [1.807, 2.05) is 6.08 Å². The topological polar surface area (TPSA) is 17.1 Å². The summed E-state index contributed by atoms with van der Waals surface area (Å²) in [6, 6.07) is 0. The molecule has 68 valence electrons. The van der Waals surface area contributed by atoms with Crippen LogP contribution in [0.4, 0.5) is 0 Å². The van der Waals surface area contributed by atoms with E-state index < -0.39 is 0 Å². The Morgan fingerprint density at radius 2 is 2.00 bits per heavy atom. The second-order valence-corrected chi connectivity index (χ2v) is 3.61. The van der Waals surface area contributed by atoms with Gasteiger partial charge < -0.3 is 0 Å². The molecule has 0 bridgehead atoms. The van der Waals surface area contributed by atoms with Crippen molar-refractivity contribution < 1.29 is 4.79 Å². The molecule has 0 amide bonds. The van der Waals surface area contributed by atoms with E-state index in [2.05, 4.69) is 18.2 Å². The fraction of sp³-hybridized carbons (Fsp3) is 0.417. The van der Waals surface area contributed by atoms with Gasteiger partial charge in [-0.3, -0.25) is 4.79 Å². The zero-order valence-corrected chi connectivity index (χ0v) is 7.75. The Labute approximate surface area is 78.8 Å². The summed E-state index contributed by atoms with van der Waals surface area (Å²) >= 11 is 0. The summed E-state index contributed by atoms with van der Waals surface area (Å²) in [5.74, 6) is 0.376. The standard InChI is InChI=1S/C12H14O/c13-12-9-5-7-10-6-3-1-2-4-8-11(10)12/h1-3,6H,4-5,7-9H2/b2-1-,6-3-. The van der Waals surface area contributed by atoms with Gasteiger partial charge in [-0.1, -0.05) is 24.3 Å². The molecule has 13 heavy (non-hydrogen) atoms. The maximum absolute atomic E-state index is 11.6. The molecule has 0 radical (unpaired) electrons. The lowest BCUT2D eigenvalue weighted by Gasteiger charge is -2.17. The van der Waals surface area contributed by atoms with Crippen LogP contribution in [0.25, 0.3) is 0 Å². The summed E-state index contributed by atoms with van der Waals surface area (Å²) in [5.41, 5.74) is 2.37. The predicted molar refractivity (Wildman–Crippen MR) is 53.4 cm³/mol. The SMILES string of the molecule is O=C1CCCC2=C1CC/C=C\C=C/2. The van der Waals surface area contributed by atoms with Gasteiger partial charge in [-0.25, -0.2) is 0 Å². The van der Waals surface area contributed by atoms with E-state index in [4.69, 9.17) is 0 Å². The number of hydrogen-bond donors (Lipinski definition) is 0. The van der Waals surface area contributed by atoms with Crippen molar-refractivity contribution in [1.29, 1.82) is 0 Å². The van der Waals surface area contributed by atoms with E-state index >= 15 is 0 Å². The molecule has 0 spiro atoms. The quantitative estimate of drug-likeness (QED) is 0.551. The van der Waals surface area contributed by atoms with Gasteiger partial charge in [-0.05, 0) is 36.8 Å². The normalized spacial score (nSPS) is 27.5. The number of carbonyl (C=O) groups excluding carboxylic acids is 1. The van der Waals surface area contributed by atoms with Gasteiger partial charge in [-0.2, -0.15) is 0 Å². The van der Waals surface area contributed by atoms with Crippen LogP contribution in [0.2, 0.25) is 0 Å². The van der Waals surface area contributed by atoms with Crippen LogP contribution in [0.5, 0.6) is 0 Å². The third-order valence-electron chi connectivity index (χ3n) is 2.68.